The van der Waals surface area contributed by atoms with Gasteiger partial charge in [-0.2, -0.15) is 0 Å². The molecule has 0 saturated carbocycles. The SMILES string of the molecule is COC1=CN2C=C3CCOC(C)CCN(C)CC=NCc4ccc5c(c4N=C3N1C2)OCO5. The van der Waals surface area contributed by atoms with E-state index in [0.717, 1.165) is 54.5 Å². The van der Waals surface area contributed by atoms with E-state index in [1.54, 1.807) is 7.11 Å². The predicted molar refractivity (Wildman–Crippen MR) is 126 cm³/mol. The fourth-order valence-corrected chi connectivity index (χ4v) is 4.30. The number of ether oxygens (including phenoxy) is 4. The van der Waals surface area contributed by atoms with Crippen molar-refractivity contribution in [3.05, 3.63) is 41.6 Å². The Kier molecular flexibility index (Phi) is 6.24. The first-order chi connectivity index (χ1) is 16.1. The van der Waals surface area contributed by atoms with E-state index in [2.05, 4.69) is 39.9 Å². The quantitative estimate of drug-likeness (QED) is 0.647. The highest BCUT2D eigenvalue weighted by Crippen LogP contribution is 2.44. The molecule has 0 aliphatic carbocycles. The van der Waals surface area contributed by atoms with Crippen molar-refractivity contribution in [3.63, 3.8) is 0 Å². The second-order valence-corrected chi connectivity index (χ2v) is 8.66. The molecule has 1 aromatic rings. The lowest BCUT2D eigenvalue weighted by Gasteiger charge is -2.30. The van der Waals surface area contributed by atoms with Gasteiger partial charge in [-0.3, -0.25) is 9.89 Å². The Hall–Kier alpha value is -3.04. The Morgan fingerprint density at radius 1 is 1.18 bits per heavy atom. The summed E-state index contributed by atoms with van der Waals surface area (Å²) in [5, 5.41) is 0. The maximum absolute atomic E-state index is 6.14. The molecule has 2 bridgehead atoms. The number of aliphatic imine (C=N–C) groups is 2. The number of amidine groups is 1. The molecule has 4 heterocycles. The number of benzene rings is 1. The van der Waals surface area contributed by atoms with E-state index in [4.69, 9.17) is 23.9 Å². The largest absolute Gasteiger partial charge is 0.481 e. The van der Waals surface area contributed by atoms with Crippen molar-refractivity contribution in [2.75, 3.05) is 47.3 Å². The van der Waals surface area contributed by atoms with Crippen LogP contribution >= 0.6 is 0 Å². The fourth-order valence-electron chi connectivity index (χ4n) is 4.30. The molecule has 0 amide bonds. The minimum absolute atomic E-state index is 0.182. The third kappa shape index (κ3) is 4.56. The molecule has 4 aliphatic heterocycles. The molecule has 0 aromatic heterocycles. The lowest BCUT2D eigenvalue weighted by atomic mass is 10.1. The average molecular weight is 454 g/mol. The van der Waals surface area contributed by atoms with E-state index in [1.807, 2.05) is 24.5 Å². The number of nitrogens with zero attached hydrogens (tertiary/aromatic N) is 5. The lowest BCUT2D eigenvalue weighted by molar-refractivity contribution is 0.0572. The Morgan fingerprint density at radius 3 is 2.97 bits per heavy atom. The van der Waals surface area contributed by atoms with Crippen LogP contribution in [0.5, 0.6) is 11.5 Å². The summed E-state index contributed by atoms with van der Waals surface area (Å²) in [4.78, 5) is 16.3. The Morgan fingerprint density at radius 2 is 2.09 bits per heavy atom. The van der Waals surface area contributed by atoms with Crippen LogP contribution in [0.2, 0.25) is 0 Å². The summed E-state index contributed by atoms with van der Waals surface area (Å²) in [6.07, 6.45) is 7.99. The zero-order valence-electron chi connectivity index (χ0n) is 19.5. The highest BCUT2D eigenvalue weighted by molar-refractivity contribution is 6.02. The third-order valence-electron chi connectivity index (χ3n) is 6.21. The van der Waals surface area contributed by atoms with Gasteiger partial charge in [0.2, 0.25) is 12.7 Å². The van der Waals surface area contributed by atoms with E-state index < -0.39 is 0 Å². The molecule has 1 unspecified atom stereocenters. The first-order valence-corrected chi connectivity index (χ1v) is 11.4. The van der Waals surface area contributed by atoms with Crippen LogP contribution in [0, 0.1) is 0 Å². The van der Waals surface area contributed by atoms with E-state index in [9.17, 15) is 0 Å². The van der Waals surface area contributed by atoms with Crippen molar-refractivity contribution >= 4 is 17.7 Å². The molecule has 1 atom stereocenters. The zero-order chi connectivity index (χ0) is 22.8. The van der Waals surface area contributed by atoms with Crippen LogP contribution in [0.1, 0.15) is 25.3 Å². The molecule has 1 aromatic carbocycles. The van der Waals surface area contributed by atoms with Gasteiger partial charge in [-0.05, 0) is 26.5 Å². The molecule has 0 N–H and O–H groups in total. The van der Waals surface area contributed by atoms with Crippen LogP contribution in [0.4, 0.5) is 5.69 Å². The zero-order valence-corrected chi connectivity index (χ0v) is 19.5. The van der Waals surface area contributed by atoms with Crippen LogP contribution in [-0.2, 0) is 16.0 Å². The van der Waals surface area contributed by atoms with E-state index in [-0.39, 0.29) is 12.9 Å². The summed E-state index contributed by atoms with van der Waals surface area (Å²) in [6, 6.07) is 3.96. The smallest absolute Gasteiger partial charge is 0.231 e. The summed E-state index contributed by atoms with van der Waals surface area (Å²) < 4.78 is 23.3. The standard InChI is InChI=1S/C24H31N5O4/c1-17-6-9-27(2)10-8-25-12-18-4-5-20-23(33-16-32-20)22(18)26-24-19(7-11-31-17)13-28-14-21(30-3)29(24)15-28/h4-5,8,13-14,17H,6-7,9-12,15-16H2,1-3H3. The molecular weight excluding hydrogens is 422 g/mol. The molecule has 0 fully saturated rings. The molecule has 9 heteroatoms. The van der Waals surface area contributed by atoms with E-state index in [0.29, 0.717) is 31.3 Å². The number of rotatable bonds is 1. The molecule has 4 aliphatic rings. The van der Waals surface area contributed by atoms with Gasteiger partial charge < -0.3 is 28.7 Å². The summed E-state index contributed by atoms with van der Waals surface area (Å²) in [7, 11) is 3.79. The second kappa shape index (κ2) is 9.44. The lowest BCUT2D eigenvalue weighted by Crippen LogP contribution is -2.37. The molecule has 0 spiro atoms. The number of hydrogen-bond acceptors (Lipinski definition) is 9. The maximum Gasteiger partial charge on any atom is 0.231 e. The van der Waals surface area contributed by atoms with Gasteiger partial charge in [0.25, 0.3) is 0 Å². The van der Waals surface area contributed by atoms with Crippen molar-refractivity contribution in [1.29, 1.82) is 0 Å². The number of fused-ring (bicyclic) bond motifs is 7. The van der Waals surface area contributed by atoms with Gasteiger partial charge in [0.05, 0.1) is 32.6 Å². The Bertz CT molecular complexity index is 1020. The van der Waals surface area contributed by atoms with Crippen molar-refractivity contribution in [1.82, 2.24) is 14.7 Å². The van der Waals surface area contributed by atoms with Crippen LogP contribution < -0.4 is 9.47 Å². The summed E-state index contributed by atoms with van der Waals surface area (Å²) in [5.41, 5.74) is 2.84. The van der Waals surface area contributed by atoms with Crippen molar-refractivity contribution in [2.24, 2.45) is 9.98 Å². The van der Waals surface area contributed by atoms with E-state index in [1.165, 1.54) is 0 Å². The van der Waals surface area contributed by atoms with Crippen LogP contribution in [0.3, 0.4) is 0 Å². The molecule has 0 saturated heterocycles. The van der Waals surface area contributed by atoms with Crippen molar-refractivity contribution in [3.8, 4) is 11.5 Å². The summed E-state index contributed by atoms with van der Waals surface area (Å²) in [6.45, 7) is 5.89. The highest BCUT2D eigenvalue weighted by atomic mass is 16.7. The van der Waals surface area contributed by atoms with Crippen LogP contribution in [0.25, 0.3) is 0 Å². The van der Waals surface area contributed by atoms with Gasteiger partial charge >= 0.3 is 0 Å². The first kappa shape index (κ1) is 21.8. The normalized spacial score (nSPS) is 23.5. The van der Waals surface area contributed by atoms with Gasteiger partial charge in [-0.1, -0.05) is 6.07 Å². The highest BCUT2D eigenvalue weighted by Gasteiger charge is 2.33. The topological polar surface area (TPSA) is 71.4 Å². The minimum atomic E-state index is 0.182. The Labute approximate surface area is 194 Å². The van der Waals surface area contributed by atoms with E-state index >= 15 is 0 Å². The molecule has 5 rings (SSSR count). The molecule has 9 nitrogen and oxygen atoms in total. The molecular formula is C24H31N5O4. The molecule has 0 radical (unpaired) electrons. The third-order valence-corrected chi connectivity index (χ3v) is 6.21. The van der Waals surface area contributed by atoms with Crippen LogP contribution in [0.15, 0.2) is 46.0 Å². The predicted octanol–water partition coefficient (Wildman–Crippen LogP) is 3.06. The minimum Gasteiger partial charge on any atom is -0.481 e. The van der Waals surface area contributed by atoms with Gasteiger partial charge in [-0.15, -0.1) is 0 Å². The van der Waals surface area contributed by atoms with Crippen LogP contribution in [-0.4, -0.2) is 80.2 Å². The number of methoxy groups -OCH3 is 1. The Balaban J connectivity index is 1.56. The monoisotopic (exact) mass is 453 g/mol. The van der Waals surface area contributed by atoms with Gasteiger partial charge in [-0.25, -0.2) is 4.99 Å². The van der Waals surface area contributed by atoms with Gasteiger partial charge in [0.1, 0.15) is 18.2 Å². The van der Waals surface area contributed by atoms with Gasteiger partial charge in [0.15, 0.2) is 11.5 Å². The molecule has 176 valence electrons. The van der Waals surface area contributed by atoms with Crippen molar-refractivity contribution in [2.45, 2.75) is 32.4 Å². The first-order valence-electron chi connectivity index (χ1n) is 11.4. The maximum atomic E-state index is 6.14. The van der Waals surface area contributed by atoms with Crippen molar-refractivity contribution < 1.29 is 18.9 Å². The second-order valence-electron chi connectivity index (χ2n) is 8.66. The number of hydrogen-bond donors (Lipinski definition) is 0. The average Bonchev–Trinajstić information content (AvgIpc) is 3.42. The van der Waals surface area contributed by atoms with Gasteiger partial charge in [0, 0.05) is 43.1 Å². The fraction of sp³-hybridized carbons (Fsp3) is 0.500. The summed E-state index contributed by atoms with van der Waals surface area (Å²) >= 11 is 0. The summed E-state index contributed by atoms with van der Waals surface area (Å²) in [5.74, 6) is 2.98. The molecule has 33 heavy (non-hydrogen) atoms.